The molecule has 0 fully saturated rings. The van der Waals surface area contributed by atoms with E-state index in [0.29, 0.717) is 0 Å². The molecule has 0 N–H and O–H groups in total. The highest BCUT2D eigenvalue weighted by Crippen LogP contribution is 2.42. The number of halogens is 2. The van der Waals surface area contributed by atoms with Gasteiger partial charge in [-0.2, -0.15) is 0 Å². The minimum atomic E-state index is -0.238. The van der Waals surface area contributed by atoms with E-state index in [1.807, 2.05) is 6.08 Å². The van der Waals surface area contributed by atoms with Crippen LogP contribution in [0.1, 0.15) is 0 Å². The third-order valence-electron chi connectivity index (χ3n) is 0.457. The van der Waals surface area contributed by atoms with E-state index in [4.69, 9.17) is 11.2 Å². The molecule has 1 atom stereocenters. The molecule has 7 heavy (non-hydrogen) atoms. The van der Waals surface area contributed by atoms with Crippen molar-refractivity contribution in [3.05, 3.63) is 12.7 Å². The predicted molar refractivity (Wildman–Crippen MR) is 46.7 cm³/mol. The molecule has 0 spiro atoms. The second-order valence-corrected chi connectivity index (χ2v) is 6.06. The molecule has 0 saturated heterocycles. The van der Waals surface area contributed by atoms with Crippen LogP contribution in [0.3, 0.4) is 0 Å². The monoisotopic (exact) mass is 248 g/mol. The maximum atomic E-state index is 5.75. The van der Waals surface area contributed by atoms with Crippen molar-refractivity contribution in [2.45, 2.75) is 0 Å². The van der Waals surface area contributed by atoms with Crippen molar-refractivity contribution in [1.29, 1.82) is 0 Å². The molecule has 0 radical (unpaired) electrons. The molecule has 0 bridgehead atoms. The number of rotatable bonds is 3. The maximum absolute atomic E-state index is 5.75. The summed E-state index contributed by atoms with van der Waals surface area (Å²) < 4.78 is 1.07. The van der Waals surface area contributed by atoms with Crippen LogP contribution in [0.4, 0.5) is 0 Å². The van der Waals surface area contributed by atoms with Crippen LogP contribution in [0.25, 0.3) is 0 Å². The van der Waals surface area contributed by atoms with E-state index in [9.17, 15) is 0 Å². The van der Waals surface area contributed by atoms with Gasteiger partial charge in [-0.25, -0.2) is 0 Å². The van der Waals surface area contributed by atoms with E-state index >= 15 is 0 Å². The lowest BCUT2D eigenvalue weighted by atomic mass is 10.8. The molecule has 0 rings (SSSR count). The van der Waals surface area contributed by atoms with Gasteiger partial charge in [-0.3, -0.25) is 0 Å². The van der Waals surface area contributed by atoms with Crippen molar-refractivity contribution in [3.8, 4) is 0 Å². The smallest absolute Gasteiger partial charge is 0.0340 e. The van der Waals surface area contributed by atoms with E-state index < -0.39 is 0 Å². The Morgan fingerprint density at radius 2 is 2.43 bits per heavy atom. The number of hydrogen-bond donors (Lipinski definition) is 0. The SMILES string of the molecule is C=CCP(Cl)CI. The Balaban J connectivity index is 2.98. The van der Waals surface area contributed by atoms with Gasteiger partial charge in [-0.15, -0.1) is 6.58 Å². The van der Waals surface area contributed by atoms with Crippen LogP contribution in [-0.4, -0.2) is 10.3 Å². The summed E-state index contributed by atoms with van der Waals surface area (Å²) in [6.45, 7) is 3.58. The van der Waals surface area contributed by atoms with Gasteiger partial charge in [-0.1, -0.05) is 39.9 Å². The summed E-state index contributed by atoms with van der Waals surface area (Å²) >= 11 is 8.04. The second-order valence-electron chi connectivity index (χ2n) is 1.05. The van der Waals surface area contributed by atoms with Gasteiger partial charge < -0.3 is 0 Å². The minimum absolute atomic E-state index is 0.238. The molecule has 0 aliphatic heterocycles. The van der Waals surface area contributed by atoms with Gasteiger partial charge in [0.1, 0.15) is 0 Å². The van der Waals surface area contributed by atoms with Gasteiger partial charge in [0.2, 0.25) is 0 Å². The van der Waals surface area contributed by atoms with Crippen LogP contribution in [0, 0.1) is 0 Å². The Kier molecular flexibility index (Phi) is 6.24. The maximum Gasteiger partial charge on any atom is 0.0340 e. The summed E-state index contributed by atoms with van der Waals surface area (Å²) in [7, 11) is -0.238. The Hall–Kier alpha value is 1.19. The molecule has 0 aliphatic rings. The Labute approximate surface area is 64.0 Å². The molecule has 3 heteroatoms. The lowest BCUT2D eigenvalue weighted by Gasteiger charge is -1.96. The molecular formula is C4H7ClIP. The van der Waals surface area contributed by atoms with Crippen LogP contribution in [-0.2, 0) is 0 Å². The first-order chi connectivity index (χ1) is 3.31. The van der Waals surface area contributed by atoms with Gasteiger partial charge >= 0.3 is 0 Å². The average Bonchev–Trinajstić information content (AvgIpc) is 1.68. The van der Waals surface area contributed by atoms with E-state index in [0.717, 1.165) is 10.3 Å². The lowest BCUT2D eigenvalue weighted by molar-refractivity contribution is 1.79. The fourth-order valence-corrected chi connectivity index (χ4v) is 1.69. The lowest BCUT2D eigenvalue weighted by Crippen LogP contribution is -1.68. The topological polar surface area (TPSA) is 0 Å². The van der Waals surface area contributed by atoms with E-state index in [-0.39, 0.29) is 7.27 Å². The molecule has 0 saturated carbocycles. The van der Waals surface area contributed by atoms with Crippen molar-refractivity contribution in [3.63, 3.8) is 0 Å². The largest absolute Gasteiger partial charge is 0.103 e. The highest BCUT2D eigenvalue weighted by Gasteiger charge is 1.94. The van der Waals surface area contributed by atoms with Gasteiger partial charge in [0, 0.05) is 11.4 Å². The van der Waals surface area contributed by atoms with Crippen LogP contribution < -0.4 is 0 Å². The highest BCUT2D eigenvalue weighted by molar-refractivity contribution is 14.1. The van der Waals surface area contributed by atoms with E-state index in [1.165, 1.54) is 0 Å². The number of hydrogen-bond acceptors (Lipinski definition) is 0. The summed E-state index contributed by atoms with van der Waals surface area (Å²) in [6, 6.07) is 0. The predicted octanol–water partition coefficient (Wildman–Crippen LogP) is 3.20. The normalized spacial score (nSPS) is 13.4. The van der Waals surface area contributed by atoms with Crippen molar-refractivity contribution in [2.24, 2.45) is 0 Å². The summed E-state index contributed by atoms with van der Waals surface area (Å²) in [5, 5.41) is 0. The zero-order valence-corrected chi connectivity index (χ0v) is 7.71. The second kappa shape index (κ2) is 5.33. The molecule has 0 aliphatic carbocycles. The molecule has 0 aromatic rings. The summed E-state index contributed by atoms with van der Waals surface area (Å²) in [4.78, 5) is 0. The summed E-state index contributed by atoms with van der Waals surface area (Å²) in [5.41, 5.74) is 0. The molecule has 0 heterocycles. The molecule has 0 aromatic carbocycles. The van der Waals surface area contributed by atoms with Gasteiger partial charge in [0.25, 0.3) is 0 Å². The van der Waals surface area contributed by atoms with Crippen molar-refractivity contribution in [2.75, 3.05) is 10.3 Å². The standard InChI is InChI=1S/C4H7ClIP/c1-2-3-7(5)4-6/h2H,1,3-4H2. The van der Waals surface area contributed by atoms with Crippen molar-refractivity contribution >= 4 is 41.1 Å². The fraction of sp³-hybridized carbons (Fsp3) is 0.500. The van der Waals surface area contributed by atoms with Gasteiger partial charge in [0.05, 0.1) is 0 Å². The zero-order chi connectivity index (χ0) is 5.70. The first kappa shape index (κ1) is 8.19. The highest BCUT2D eigenvalue weighted by atomic mass is 127. The molecule has 0 amide bonds. The van der Waals surface area contributed by atoms with E-state index in [1.54, 1.807) is 0 Å². The quantitative estimate of drug-likeness (QED) is 0.311. The van der Waals surface area contributed by atoms with Crippen LogP contribution in [0.15, 0.2) is 12.7 Å². The van der Waals surface area contributed by atoms with Crippen LogP contribution in [0.2, 0.25) is 0 Å². The third-order valence-corrected chi connectivity index (χ3v) is 5.82. The van der Waals surface area contributed by atoms with Crippen LogP contribution >= 0.6 is 41.1 Å². The molecule has 42 valence electrons. The minimum Gasteiger partial charge on any atom is -0.103 e. The molecular weight excluding hydrogens is 241 g/mol. The number of allylic oxidation sites excluding steroid dienone is 1. The summed E-state index contributed by atoms with van der Waals surface area (Å²) in [5.74, 6) is 0. The average molecular weight is 248 g/mol. The molecule has 0 aromatic heterocycles. The zero-order valence-electron chi connectivity index (χ0n) is 3.90. The van der Waals surface area contributed by atoms with Crippen molar-refractivity contribution < 1.29 is 0 Å². The van der Waals surface area contributed by atoms with E-state index in [2.05, 4.69) is 29.2 Å². The third kappa shape index (κ3) is 5.05. The van der Waals surface area contributed by atoms with Gasteiger partial charge in [0.15, 0.2) is 0 Å². The van der Waals surface area contributed by atoms with Crippen molar-refractivity contribution in [1.82, 2.24) is 0 Å². The first-order valence-corrected chi connectivity index (χ1v) is 6.03. The molecule has 1 unspecified atom stereocenters. The number of alkyl halides is 1. The Bertz CT molecular complexity index is 57.7. The fourth-order valence-electron chi connectivity index (χ4n) is 0.189. The van der Waals surface area contributed by atoms with Crippen LogP contribution in [0.5, 0.6) is 0 Å². The summed E-state index contributed by atoms with van der Waals surface area (Å²) in [6.07, 6.45) is 2.86. The first-order valence-electron chi connectivity index (χ1n) is 1.89. The molecule has 0 nitrogen and oxygen atoms in total. The van der Waals surface area contributed by atoms with Gasteiger partial charge in [-0.05, 0) is 6.16 Å². The Morgan fingerprint density at radius 1 is 1.86 bits per heavy atom. The Morgan fingerprint density at radius 3 is 2.57 bits per heavy atom.